The van der Waals surface area contributed by atoms with E-state index in [1.807, 2.05) is 19.3 Å². The predicted molar refractivity (Wildman–Crippen MR) is 99.5 cm³/mol. The molecule has 136 valence electrons. The second-order valence-corrected chi connectivity index (χ2v) is 7.35. The van der Waals surface area contributed by atoms with Crippen LogP contribution >= 0.6 is 0 Å². The molecule has 2 aromatic rings. The molecule has 0 radical (unpaired) electrons. The van der Waals surface area contributed by atoms with Gasteiger partial charge in [0.05, 0.1) is 6.54 Å². The van der Waals surface area contributed by atoms with E-state index in [1.54, 1.807) is 0 Å². The van der Waals surface area contributed by atoms with Gasteiger partial charge in [-0.2, -0.15) is 0 Å². The van der Waals surface area contributed by atoms with Gasteiger partial charge in [-0.15, -0.1) is 10.2 Å². The highest BCUT2D eigenvalue weighted by Crippen LogP contribution is 2.26. The molecule has 0 spiro atoms. The fraction of sp³-hybridized carbons (Fsp3) is 0.632. The van der Waals surface area contributed by atoms with Crippen molar-refractivity contribution in [1.82, 2.24) is 29.2 Å². The molecule has 6 heteroatoms. The number of imidazole rings is 1. The lowest BCUT2D eigenvalue weighted by Gasteiger charge is -2.32. The summed E-state index contributed by atoms with van der Waals surface area (Å²) in [6.07, 6.45) is 9.74. The first-order valence-electron chi connectivity index (χ1n) is 9.26. The number of piperidine rings is 1. The van der Waals surface area contributed by atoms with Crippen LogP contribution in [0.3, 0.4) is 0 Å². The van der Waals surface area contributed by atoms with E-state index in [-0.39, 0.29) is 0 Å². The minimum Gasteiger partial charge on any atom is -0.328 e. The molecule has 2 aromatic heterocycles. The third-order valence-electron chi connectivity index (χ3n) is 5.10. The van der Waals surface area contributed by atoms with Crippen LogP contribution in [0, 0.1) is 6.92 Å². The quantitative estimate of drug-likeness (QED) is 0.758. The van der Waals surface area contributed by atoms with Crippen LogP contribution in [-0.4, -0.2) is 48.8 Å². The monoisotopic (exact) mass is 342 g/mol. The van der Waals surface area contributed by atoms with E-state index in [2.05, 4.69) is 56.2 Å². The van der Waals surface area contributed by atoms with Gasteiger partial charge in [0, 0.05) is 38.4 Å². The highest BCUT2D eigenvalue weighted by molar-refractivity contribution is 5.05. The van der Waals surface area contributed by atoms with Gasteiger partial charge in [0.2, 0.25) is 0 Å². The maximum absolute atomic E-state index is 4.53. The molecule has 1 aliphatic rings. The zero-order valence-corrected chi connectivity index (χ0v) is 15.9. The minimum absolute atomic E-state index is 0.482. The van der Waals surface area contributed by atoms with E-state index >= 15 is 0 Å². The smallest absolute Gasteiger partial charge is 0.152 e. The van der Waals surface area contributed by atoms with Gasteiger partial charge in [0.1, 0.15) is 11.6 Å². The van der Waals surface area contributed by atoms with Crippen LogP contribution in [0.4, 0.5) is 0 Å². The zero-order valence-electron chi connectivity index (χ0n) is 15.9. The molecule has 1 aliphatic heterocycles. The third-order valence-corrected chi connectivity index (χ3v) is 5.10. The molecule has 1 fully saturated rings. The fourth-order valence-electron chi connectivity index (χ4n) is 3.60. The van der Waals surface area contributed by atoms with Crippen molar-refractivity contribution >= 4 is 0 Å². The summed E-state index contributed by atoms with van der Waals surface area (Å²) in [6.45, 7) is 10.5. The summed E-state index contributed by atoms with van der Waals surface area (Å²) >= 11 is 0. The first-order valence-corrected chi connectivity index (χ1v) is 9.26. The van der Waals surface area contributed by atoms with Gasteiger partial charge in [0.25, 0.3) is 0 Å². The largest absolute Gasteiger partial charge is 0.328 e. The molecule has 0 amide bonds. The number of aromatic nitrogens is 5. The minimum atomic E-state index is 0.482. The summed E-state index contributed by atoms with van der Waals surface area (Å²) in [7, 11) is 2.10. The van der Waals surface area contributed by atoms with Crippen molar-refractivity contribution in [2.45, 2.75) is 52.5 Å². The van der Waals surface area contributed by atoms with Crippen molar-refractivity contribution < 1.29 is 0 Å². The maximum Gasteiger partial charge on any atom is 0.152 e. The van der Waals surface area contributed by atoms with E-state index in [0.29, 0.717) is 5.92 Å². The lowest BCUT2D eigenvalue weighted by atomic mass is 9.97. The summed E-state index contributed by atoms with van der Waals surface area (Å²) in [5.74, 6) is 3.61. The van der Waals surface area contributed by atoms with Crippen LogP contribution in [0.25, 0.3) is 0 Å². The van der Waals surface area contributed by atoms with Crippen LogP contribution in [0.15, 0.2) is 24.0 Å². The lowest BCUT2D eigenvalue weighted by Crippen LogP contribution is -2.35. The van der Waals surface area contributed by atoms with Crippen molar-refractivity contribution in [2.24, 2.45) is 7.05 Å². The molecule has 3 heterocycles. The Morgan fingerprint density at radius 1 is 1.32 bits per heavy atom. The van der Waals surface area contributed by atoms with Gasteiger partial charge in [0.15, 0.2) is 5.82 Å². The molecule has 0 N–H and O–H groups in total. The van der Waals surface area contributed by atoms with Crippen molar-refractivity contribution in [3.05, 3.63) is 41.5 Å². The van der Waals surface area contributed by atoms with E-state index in [9.17, 15) is 0 Å². The SMILES string of the molecule is CC(C)=CCCN1CCCC(c2nnc(Cn3ccnc3C)n2C)C1. The Hall–Kier alpha value is -1.95. The van der Waals surface area contributed by atoms with Gasteiger partial charge in [-0.05, 0) is 46.6 Å². The van der Waals surface area contributed by atoms with Crippen molar-refractivity contribution in [1.29, 1.82) is 0 Å². The summed E-state index contributed by atoms with van der Waals surface area (Å²) in [6, 6.07) is 0. The average molecular weight is 342 g/mol. The summed E-state index contributed by atoms with van der Waals surface area (Å²) < 4.78 is 4.30. The molecule has 25 heavy (non-hydrogen) atoms. The number of allylic oxidation sites excluding steroid dienone is 1. The summed E-state index contributed by atoms with van der Waals surface area (Å²) in [4.78, 5) is 6.86. The first-order chi connectivity index (χ1) is 12.0. The van der Waals surface area contributed by atoms with Crippen LogP contribution in [-0.2, 0) is 13.6 Å². The lowest BCUT2D eigenvalue weighted by molar-refractivity contribution is 0.206. The molecule has 3 rings (SSSR count). The number of aryl methyl sites for hydroxylation is 1. The molecule has 0 saturated carbocycles. The molecule has 6 nitrogen and oxygen atoms in total. The first kappa shape index (κ1) is 17.9. The van der Waals surface area contributed by atoms with Crippen molar-refractivity contribution in [3.63, 3.8) is 0 Å². The van der Waals surface area contributed by atoms with Gasteiger partial charge in [-0.1, -0.05) is 11.6 Å². The van der Waals surface area contributed by atoms with Crippen LogP contribution in [0.1, 0.15) is 56.5 Å². The Morgan fingerprint density at radius 3 is 2.88 bits per heavy atom. The van der Waals surface area contributed by atoms with E-state index in [4.69, 9.17) is 0 Å². The zero-order chi connectivity index (χ0) is 17.8. The highest BCUT2D eigenvalue weighted by Gasteiger charge is 2.25. The van der Waals surface area contributed by atoms with Crippen molar-refractivity contribution in [3.8, 4) is 0 Å². The van der Waals surface area contributed by atoms with Gasteiger partial charge >= 0.3 is 0 Å². The van der Waals surface area contributed by atoms with Crippen LogP contribution in [0.5, 0.6) is 0 Å². The summed E-state index contributed by atoms with van der Waals surface area (Å²) in [5.41, 5.74) is 1.40. The average Bonchev–Trinajstić information content (AvgIpc) is 3.15. The summed E-state index contributed by atoms with van der Waals surface area (Å²) in [5, 5.41) is 8.99. The molecule has 0 aromatic carbocycles. The van der Waals surface area contributed by atoms with E-state index < -0.39 is 0 Å². The Labute approximate surface area is 150 Å². The molecule has 0 aliphatic carbocycles. The molecule has 0 bridgehead atoms. The molecular formula is C19H30N6. The van der Waals surface area contributed by atoms with Crippen LogP contribution < -0.4 is 0 Å². The molecule has 1 saturated heterocycles. The second kappa shape index (κ2) is 7.95. The molecule has 1 atom stereocenters. The number of rotatable bonds is 6. The van der Waals surface area contributed by atoms with Crippen LogP contribution in [0.2, 0.25) is 0 Å². The molecule has 1 unspecified atom stereocenters. The number of likely N-dealkylation sites (tertiary alicyclic amines) is 1. The Kier molecular flexibility index (Phi) is 5.68. The fourth-order valence-corrected chi connectivity index (χ4v) is 3.60. The van der Waals surface area contributed by atoms with E-state index in [1.165, 1.54) is 25.0 Å². The van der Waals surface area contributed by atoms with E-state index in [0.717, 1.165) is 43.5 Å². The third kappa shape index (κ3) is 4.37. The topological polar surface area (TPSA) is 51.8 Å². The molecular weight excluding hydrogens is 312 g/mol. The Morgan fingerprint density at radius 2 is 2.16 bits per heavy atom. The van der Waals surface area contributed by atoms with Crippen molar-refractivity contribution in [2.75, 3.05) is 19.6 Å². The maximum atomic E-state index is 4.53. The predicted octanol–water partition coefficient (Wildman–Crippen LogP) is 2.90. The van der Waals surface area contributed by atoms with Gasteiger partial charge in [-0.3, -0.25) is 0 Å². The Bertz CT molecular complexity index is 722. The number of nitrogens with zero attached hydrogens (tertiary/aromatic N) is 6. The standard InChI is InChI=1S/C19H30N6/c1-15(2)7-5-10-24-11-6-8-17(13-24)19-22-21-18(23(19)4)14-25-12-9-20-16(25)3/h7,9,12,17H,5-6,8,10-11,13-14H2,1-4H3. The normalized spacial score (nSPS) is 18.5. The van der Waals surface area contributed by atoms with Gasteiger partial charge < -0.3 is 14.0 Å². The second-order valence-electron chi connectivity index (χ2n) is 7.35. The number of hydrogen-bond acceptors (Lipinski definition) is 4. The Balaban J connectivity index is 1.65. The highest BCUT2D eigenvalue weighted by atomic mass is 15.3. The number of hydrogen-bond donors (Lipinski definition) is 0. The van der Waals surface area contributed by atoms with Gasteiger partial charge in [-0.25, -0.2) is 4.98 Å².